The zero-order chi connectivity index (χ0) is 13.0. The summed E-state index contributed by atoms with van der Waals surface area (Å²) in [5.74, 6) is 0. The molecule has 0 aliphatic heterocycles. The third-order valence-electron chi connectivity index (χ3n) is 2.99. The largest absolute Gasteiger partial charge is 0.130 e. The van der Waals surface area contributed by atoms with E-state index in [9.17, 15) is 0 Å². The quantitative estimate of drug-likeness (QED) is 0.659. The van der Waals surface area contributed by atoms with Gasteiger partial charge in [0, 0.05) is 4.90 Å². The molecule has 0 aliphatic rings. The number of benzene rings is 2. The van der Waals surface area contributed by atoms with Crippen molar-refractivity contribution >= 4 is 17.8 Å². The molecule has 1 heteroatoms. The third-order valence-corrected chi connectivity index (χ3v) is 3.72. The van der Waals surface area contributed by atoms with E-state index in [2.05, 4.69) is 67.8 Å². The second-order valence-electron chi connectivity index (χ2n) is 4.31. The van der Waals surface area contributed by atoms with Gasteiger partial charge in [0.1, 0.15) is 0 Å². The summed E-state index contributed by atoms with van der Waals surface area (Å²) < 4.78 is 0. The molecule has 0 atom stereocenters. The van der Waals surface area contributed by atoms with Gasteiger partial charge in [-0.05, 0) is 54.5 Å². The fourth-order valence-electron chi connectivity index (χ4n) is 2.10. The molecule has 92 valence electrons. The topological polar surface area (TPSA) is 0 Å². The molecule has 0 heterocycles. The standard InChI is InChI=1S/C17H18S/c1-4-6-14-9-10-17(13(2)11-14)15-7-5-8-16(12-15)18-3/h4-12H,1-3H3/b6-4+. The minimum absolute atomic E-state index is 1.26. The average molecular weight is 254 g/mol. The molecule has 2 aromatic carbocycles. The lowest BCUT2D eigenvalue weighted by molar-refractivity contribution is 1.41. The second-order valence-corrected chi connectivity index (χ2v) is 5.19. The second kappa shape index (κ2) is 5.92. The van der Waals surface area contributed by atoms with Crippen LogP contribution in [0, 0.1) is 6.92 Å². The number of rotatable bonds is 3. The Morgan fingerprint density at radius 3 is 2.56 bits per heavy atom. The summed E-state index contributed by atoms with van der Waals surface area (Å²) in [7, 11) is 0. The molecule has 0 saturated heterocycles. The van der Waals surface area contributed by atoms with Crippen LogP contribution in [0.5, 0.6) is 0 Å². The van der Waals surface area contributed by atoms with E-state index >= 15 is 0 Å². The maximum atomic E-state index is 2.25. The molecule has 0 unspecified atom stereocenters. The van der Waals surface area contributed by atoms with Crippen molar-refractivity contribution in [2.75, 3.05) is 6.26 Å². The zero-order valence-corrected chi connectivity index (χ0v) is 11.9. The molecule has 2 rings (SSSR count). The van der Waals surface area contributed by atoms with Crippen LogP contribution in [0.3, 0.4) is 0 Å². The summed E-state index contributed by atoms with van der Waals surface area (Å²) in [6, 6.07) is 15.3. The van der Waals surface area contributed by atoms with Gasteiger partial charge >= 0.3 is 0 Å². The number of aryl methyl sites for hydroxylation is 1. The molecule has 18 heavy (non-hydrogen) atoms. The maximum absolute atomic E-state index is 2.25. The molecule has 0 saturated carbocycles. The Hall–Kier alpha value is -1.47. The Morgan fingerprint density at radius 1 is 1.06 bits per heavy atom. The third kappa shape index (κ3) is 2.85. The van der Waals surface area contributed by atoms with Crippen molar-refractivity contribution in [2.24, 2.45) is 0 Å². The van der Waals surface area contributed by atoms with Gasteiger partial charge in [-0.15, -0.1) is 11.8 Å². The van der Waals surface area contributed by atoms with E-state index in [0.29, 0.717) is 0 Å². The molecule has 0 aliphatic carbocycles. The predicted octanol–water partition coefficient (Wildman–Crippen LogP) is 5.42. The van der Waals surface area contributed by atoms with Crippen LogP contribution >= 0.6 is 11.8 Å². The molecule has 0 amide bonds. The van der Waals surface area contributed by atoms with Crippen LogP contribution in [-0.4, -0.2) is 6.26 Å². The van der Waals surface area contributed by atoms with Crippen molar-refractivity contribution < 1.29 is 0 Å². The monoisotopic (exact) mass is 254 g/mol. The lowest BCUT2D eigenvalue weighted by Gasteiger charge is -2.08. The summed E-state index contributed by atoms with van der Waals surface area (Å²) in [4.78, 5) is 1.31. The fourth-order valence-corrected chi connectivity index (χ4v) is 2.56. The number of allylic oxidation sites excluding steroid dienone is 1. The summed E-state index contributed by atoms with van der Waals surface area (Å²) in [6.07, 6.45) is 6.32. The maximum Gasteiger partial charge on any atom is 0.00752 e. The van der Waals surface area contributed by atoms with Crippen molar-refractivity contribution in [1.29, 1.82) is 0 Å². The number of thioether (sulfide) groups is 1. The van der Waals surface area contributed by atoms with Gasteiger partial charge in [-0.2, -0.15) is 0 Å². The van der Waals surface area contributed by atoms with Gasteiger partial charge in [0.05, 0.1) is 0 Å². The molecule has 0 fully saturated rings. The smallest absolute Gasteiger partial charge is 0.00752 e. The molecule has 0 N–H and O–H groups in total. The van der Waals surface area contributed by atoms with Gasteiger partial charge in [-0.3, -0.25) is 0 Å². The highest BCUT2D eigenvalue weighted by molar-refractivity contribution is 7.98. The van der Waals surface area contributed by atoms with Crippen molar-refractivity contribution in [1.82, 2.24) is 0 Å². The normalized spacial score (nSPS) is 11.1. The fraction of sp³-hybridized carbons (Fsp3) is 0.176. The van der Waals surface area contributed by atoms with E-state index in [0.717, 1.165) is 0 Å². The van der Waals surface area contributed by atoms with Crippen molar-refractivity contribution in [3.63, 3.8) is 0 Å². The SMILES string of the molecule is C/C=C/c1ccc(-c2cccc(SC)c2)c(C)c1. The van der Waals surface area contributed by atoms with Crippen molar-refractivity contribution in [3.8, 4) is 11.1 Å². The highest BCUT2D eigenvalue weighted by Crippen LogP contribution is 2.27. The van der Waals surface area contributed by atoms with Crippen molar-refractivity contribution in [2.45, 2.75) is 18.7 Å². The minimum atomic E-state index is 1.26. The summed E-state index contributed by atoms with van der Waals surface area (Å²) in [5.41, 5.74) is 5.20. The summed E-state index contributed by atoms with van der Waals surface area (Å²) in [5, 5.41) is 0. The Kier molecular flexibility index (Phi) is 4.27. The van der Waals surface area contributed by atoms with Crippen LogP contribution in [0.25, 0.3) is 17.2 Å². The molecule has 0 bridgehead atoms. The molecule has 0 aromatic heterocycles. The number of hydrogen-bond donors (Lipinski definition) is 0. The molecular weight excluding hydrogens is 236 g/mol. The predicted molar refractivity (Wildman–Crippen MR) is 83.1 cm³/mol. The van der Waals surface area contributed by atoms with Crippen LogP contribution in [0.2, 0.25) is 0 Å². The first-order valence-electron chi connectivity index (χ1n) is 6.12. The van der Waals surface area contributed by atoms with E-state index < -0.39 is 0 Å². The summed E-state index contributed by atoms with van der Waals surface area (Å²) >= 11 is 1.78. The lowest BCUT2D eigenvalue weighted by Crippen LogP contribution is -1.85. The minimum Gasteiger partial charge on any atom is -0.130 e. The molecular formula is C17H18S. The van der Waals surface area contributed by atoms with Crippen LogP contribution in [0.15, 0.2) is 53.4 Å². The first kappa shape index (κ1) is 13.0. The van der Waals surface area contributed by atoms with Crippen LogP contribution in [-0.2, 0) is 0 Å². The van der Waals surface area contributed by atoms with Crippen molar-refractivity contribution in [3.05, 3.63) is 59.7 Å². The molecule has 2 aromatic rings. The Bertz CT molecular complexity index is 568. The number of hydrogen-bond acceptors (Lipinski definition) is 1. The highest BCUT2D eigenvalue weighted by Gasteiger charge is 2.03. The van der Waals surface area contributed by atoms with E-state index in [1.165, 1.54) is 27.1 Å². The van der Waals surface area contributed by atoms with Crippen LogP contribution in [0.4, 0.5) is 0 Å². The lowest BCUT2D eigenvalue weighted by atomic mass is 9.98. The zero-order valence-electron chi connectivity index (χ0n) is 11.1. The van der Waals surface area contributed by atoms with E-state index in [-0.39, 0.29) is 0 Å². The molecule has 0 radical (unpaired) electrons. The van der Waals surface area contributed by atoms with Gasteiger partial charge in [-0.25, -0.2) is 0 Å². The van der Waals surface area contributed by atoms with Crippen LogP contribution < -0.4 is 0 Å². The van der Waals surface area contributed by atoms with Gasteiger partial charge in [0.25, 0.3) is 0 Å². The Labute approximate surface area is 114 Å². The van der Waals surface area contributed by atoms with Gasteiger partial charge < -0.3 is 0 Å². The molecule has 0 spiro atoms. The first-order valence-corrected chi connectivity index (χ1v) is 7.35. The van der Waals surface area contributed by atoms with E-state index in [1.807, 2.05) is 6.92 Å². The molecule has 0 nitrogen and oxygen atoms in total. The first-order chi connectivity index (χ1) is 8.74. The Morgan fingerprint density at radius 2 is 1.89 bits per heavy atom. The average Bonchev–Trinajstić information content (AvgIpc) is 2.39. The van der Waals surface area contributed by atoms with E-state index in [1.54, 1.807) is 11.8 Å². The van der Waals surface area contributed by atoms with Gasteiger partial charge in [-0.1, -0.05) is 42.5 Å². The van der Waals surface area contributed by atoms with Gasteiger partial charge in [0.15, 0.2) is 0 Å². The van der Waals surface area contributed by atoms with Crippen LogP contribution in [0.1, 0.15) is 18.1 Å². The van der Waals surface area contributed by atoms with E-state index in [4.69, 9.17) is 0 Å². The summed E-state index contributed by atoms with van der Waals surface area (Å²) in [6.45, 7) is 4.22. The van der Waals surface area contributed by atoms with Gasteiger partial charge in [0.2, 0.25) is 0 Å². The Balaban J connectivity index is 2.44. The highest BCUT2D eigenvalue weighted by atomic mass is 32.2.